The van der Waals surface area contributed by atoms with E-state index in [0.29, 0.717) is 17.9 Å². The van der Waals surface area contributed by atoms with Gasteiger partial charge in [0, 0.05) is 18.2 Å². The van der Waals surface area contributed by atoms with Gasteiger partial charge in [0.25, 0.3) is 0 Å². The maximum absolute atomic E-state index is 12.0. The normalized spacial score (nSPS) is 23.0. The zero-order chi connectivity index (χ0) is 15.5. The van der Waals surface area contributed by atoms with Gasteiger partial charge in [0.15, 0.2) is 0 Å². The van der Waals surface area contributed by atoms with Crippen molar-refractivity contribution in [3.8, 4) is 0 Å². The quantitative estimate of drug-likeness (QED) is 0.610. The van der Waals surface area contributed by atoms with Gasteiger partial charge in [-0.3, -0.25) is 0 Å². The standard InChI is InChI=1S/C14H23N3O3S/c1-16-21(19,20)14-8-11(15)6-7-12(14)17-9-10-4-2-3-5-13(10)18/h6-8,10,13,16-18H,2-5,9,15H2,1H3. The number of nitrogen functional groups attached to an aromatic ring is 1. The first kappa shape index (κ1) is 16.1. The van der Waals surface area contributed by atoms with E-state index in [1.807, 2.05) is 0 Å². The first-order chi connectivity index (χ1) is 9.94. The van der Waals surface area contributed by atoms with Crippen molar-refractivity contribution in [1.29, 1.82) is 0 Å². The zero-order valence-corrected chi connectivity index (χ0v) is 13.0. The third-order valence-electron chi connectivity index (χ3n) is 3.99. The van der Waals surface area contributed by atoms with Crippen molar-refractivity contribution in [2.24, 2.45) is 5.92 Å². The van der Waals surface area contributed by atoms with Crippen molar-refractivity contribution in [2.45, 2.75) is 36.7 Å². The number of hydrogen-bond donors (Lipinski definition) is 4. The maximum Gasteiger partial charge on any atom is 0.242 e. The van der Waals surface area contributed by atoms with E-state index in [0.717, 1.165) is 25.7 Å². The molecule has 118 valence electrons. The van der Waals surface area contributed by atoms with Crippen LogP contribution in [0.3, 0.4) is 0 Å². The second-order valence-electron chi connectivity index (χ2n) is 5.46. The van der Waals surface area contributed by atoms with Crippen molar-refractivity contribution < 1.29 is 13.5 Å². The summed E-state index contributed by atoms with van der Waals surface area (Å²) in [7, 11) is -2.20. The summed E-state index contributed by atoms with van der Waals surface area (Å²) in [6.45, 7) is 0.553. The molecule has 1 aliphatic carbocycles. The van der Waals surface area contributed by atoms with Crippen LogP contribution in [0.4, 0.5) is 11.4 Å². The highest BCUT2D eigenvalue weighted by Crippen LogP contribution is 2.27. The highest BCUT2D eigenvalue weighted by atomic mass is 32.2. The van der Waals surface area contributed by atoms with Crippen LogP contribution in [-0.4, -0.2) is 33.2 Å². The number of sulfonamides is 1. The summed E-state index contributed by atoms with van der Waals surface area (Å²) < 4.78 is 26.4. The molecule has 2 atom stereocenters. The molecule has 6 nitrogen and oxygen atoms in total. The number of rotatable bonds is 5. The second-order valence-corrected chi connectivity index (χ2v) is 7.31. The number of nitrogens with one attached hydrogen (secondary N) is 2. The average Bonchev–Trinajstić information content (AvgIpc) is 2.47. The first-order valence-corrected chi connectivity index (χ1v) is 8.67. The molecule has 1 fully saturated rings. The van der Waals surface area contributed by atoms with Crippen LogP contribution in [0.1, 0.15) is 25.7 Å². The Bertz CT molecular complexity index is 589. The Morgan fingerprint density at radius 3 is 2.71 bits per heavy atom. The summed E-state index contributed by atoms with van der Waals surface area (Å²) in [6.07, 6.45) is 3.61. The largest absolute Gasteiger partial charge is 0.399 e. The van der Waals surface area contributed by atoms with E-state index < -0.39 is 10.0 Å². The van der Waals surface area contributed by atoms with Crippen molar-refractivity contribution in [3.63, 3.8) is 0 Å². The van der Waals surface area contributed by atoms with Crippen LogP contribution in [0.5, 0.6) is 0 Å². The van der Waals surface area contributed by atoms with Crippen LogP contribution < -0.4 is 15.8 Å². The van der Waals surface area contributed by atoms with Crippen LogP contribution >= 0.6 is 0 Å². The second kappa shape index (κ2) is 6.64. The molecule has 2 unspecified atom stereocenters. The van der Waals surface area contributed by atoms with E-state index in [2.05, 4.69) is 10.0 Å². The van der Waals surface area contributed by atoms with Gasteiger partial charge in [0.1, 0.15) is 4.90 Å². The number of nitrogens with two attached hydrogens (primary N) is 1. The van der Waals surface area contributed by atoms with Gasteiger partial charge in [-0.05, 0) is 38.1 Å². The summed E-state index contributed by atoms with van der Waals surface area (Å²) in [5.74, 6) is 0.154. The molecule has 21 heavy (non-hydrogen) atoms. The van der Waals surface area contributed by atoms with Crippen molar-refractivity contribution in [3.05, 3.63) is 18.2 Å². The lowest BCUT2D eigenvalue weighted by Crippen LogP contribution is -2.30. The van der Waals surface area contributed by atoms with Gasteiger partial charge in [-0.25, -0.2) is 13.1 Å². The Morgan fingerprint density at radius 1 is 1.33 bits per heavy atom. The van der Waals surface area contributed by atoms with Crippen LogP contribution in [0.2, 0.25) is 0 Å². The topological polar surface area (TPSA) is 104 Å². The Balaban J connectivity index is 2.16. The van der Waals surface area contributed by atoms with Gasteiger partial charge in [-0.15, -0.1) is 0 Å². The first-order valence-electron chi connectivity index (χ1n) is 7.19. The molecule has 0 radical (unpaired) electrons. The summed E-state index contributed by atoms with van der Waals surface area (Å²) in [4.78, 5) is 0.135. The molecular formula is C14H23N3O3S. The van der Waals surface area contributed by atoms with E-state index in [1.54, 1.807) is 12.1 Å². The molecule has 0 saturated heterocycles. The Kier molecular flexibility index (Phi) is 5.08. The Hall–Kier alpha value is -1.31. The fourth-order valence-electron chi connectivity index (χ4n) is 2.68. The molecule has 0 spiro atoms. The number of aliphatic hydroxyl groups is 1. The molecule has 0 heterocycles. The van der Waals surface area contributed by atoms with E-state index in [1.165, 1.54) is 13.1 Å². The molecule has 0 aromatic heterocycles. The molecule has 0 bridgehead atoms. The minimum atomic E-state index is -3.57. The fourth-order valence-corrected chi connectivity index (χ4v) is 3.63. The van der Waals surface area contributed by atoms with Gasteiger partial charge in [0.2, 0.25) is 10.0 Å². The highest BCUT2D eigenvalue weighted by molar-refractivity contribution is 7.89. The third-order valence-corrected chi connectivity index (χ3v) is 5.44. The number of aliphatic hydroxyl groups excluding tert-OH is 1. The molecule has 0 amide bonds. The number of anilines is 2. The van der Waals surface area contributed by atoms with E-state index in [4.69, 9.17) is 5.73 Å². The maximum atomic E-state index is 12.0. The summed E-state index contributed by atoms with van der Waals surface area (Å²) in [5.41, 5.74) is 6.59. The smallest absolute Gasteiger partial charge is 0.242 e. The molecule has 7 heteroatoms. The van der Waals surface area contributed by atoms with Gasteiger partial charge >= 0.3 is 0 Å². The minimum absolute atomic E-state index is 0.135. The van der Waals surface area contributed by atoms with Crippen LogP contribution in [-0.2, 0) is 10.0 Å². The Labute approximate surface area is 125 Å². The summed E-state index contributed by atoms with van der Waals surface area (Å²) in [5, 5.41) is 13.1. The van der Waals surface area contributed by atoms with Crippen molar-refractivity contribution >= 4 is 21.4 Å². The number of hydrogen-bond acceptors (Lipinski definition) is 5. The molecule has 0 aliphatic heterocycles. The van der Waals surface area contributed by atoms with Crippen molar-refractivity contribution in [1.82, 2.24) is 4.72 Å². The van der Waals surface area contributed by atoms with E-state index >= 15 is 0 Å². The fraction of sp³-hybridized carbons (Fsp3) is 0.571. The predicted octanol–water partition coefficient (Wildman–Crippen LogP) is 1.14. The molecule has 1 aromatic rings. The predicted molar refractivity (Wildman–Crippen MR) is 83.6 cm³/mol. The van der Waals surface area contributed by atoms with Gasteiger partial charge in [-0.1, -0.05) is 12.8 Å². The average molecular weight is 313 g/mol. The van der Waals surface area contributed by atoms with Crippen LogP contribution in [0.15, 0.2) is 23.1 Å². The minimum Gasteiger partial charge on any atom is -0.399 e. The molecule has 1 aliphatic rings. The molecule has 1 saturated carbocycles. The van der Waals surface area contributed by atoms with Crippen molar-refractivity contribution in [2.75, 3.05) is 24.6 Å². The highest BCUT2D eigenvalue weighted by Gasteiger charge is 2.24. The molecular weight excluding hydrogens is 290 g/mol. The lowest BCUT2D eigenvalue weighted by Gasteiger charge is -2.28. The van der Waals surface area contributed by atoms with E-state index in [-0.39, 0.29) is 16.9 Å². The number of benzene rings is 1. The molecule has 2 rings (SSSR count). The zero-order valence-electron chi connectivity index (χ0n) is 12.2. The molecule has 1 aromatic carbocycles. The van der Waals surface area contributed by atoms with E-state index in [9.17, 15) is 13.5 Å². The summed E-state index contributed by atoms with van der Waals surface area (Å²) >= 11 is 0. The van der Waals surface area contributed by atoms with Gasteiger partial charge in [-0.2, -0.15) is 0 Å². The van der Waals surface area contributed by atoms with Crippen LogP contribution in [0.25, 0.3) is 0 Å². The van der Waals surface area contributed by atoms with Gasteiger partial charge in [0.05, 0.1) is 11.8 Å². The lowest BCUT2D eigenvalue weighted by molar-refractivity contribution is 0.0763. The summed E-state index contributed by atoms with van der Waals surface area (Å²) in [6, 6.07) is 4.76. The van der Waals surface area contributed by atoms with Gasteiger partial charge < -0.3 is 16.2 Å². The lowest BCUT2D eigenvalue weighted by atomic mass is 9.86. The SMILES string of the molecule is CNS(=O)(=O)c1cc(N)ccc1NCC1CCCCC1O. The third kappa shape index (κ3) is 3.87. The van der Waals surface area contributed by atoms with Crippen LogP contribution in [0, 0.1) is 5.92 Å². The monoisotopic (exact) mass is 313 g/mol. The molecule has 5 N–H and O–H groups in total. The Morgan fingerprint density at radius 2 is 2.05 bits per heavy atom.